The summed E-state index contributed by atoms with van der Waals surface area (Å²) in [5, 5.41) is 0. The highest BCUT2D eigenvalue weighted by atomic mass is 16.5. The second kappa shape index (κ2) is 5.20. The Labute approximate surface area is 98.1 Å². The minimum absolute atomic E-state index is 0.809. The first kappa shape index (κ1) is 11.3. The standard InChI is InChI=1S/C15H20O/c1-3-6-14-13(4-2)7-5-8-15(14)16-11-12-9-10-12/h3,5-8,12H,4,9-11H2,1-2H3/b6-3+. The molecule has 1 aliphatic carbocycles. The van der Waals surface area contributed by atoms with Gasteiger partial charge in [0.1, 0.15) is 5.75 Å². The van der Waals surface area contributed by atoms with Gasteiger partial charge in [-0.1, -0.05) is 31.2 Å². The molecule has 0 heterocycles. The van der Waals surface area contributed by atoms with E-state index >= 15 is 0 Å². The van der Waals surface area contributed by atoms with E-state index in [1.165, 1.54) is 24.0 Å². The maximum Gasteiger partial charge on any atom is 0.126 e. The molecule has 1 fully saturated rings. The SMILES string of the molecule is C/C=C/c1c(CC)cccc1OCC1CC1. The van der Waals surface area contributed by atoms with Crippen LogP contribution in [0.25, 0.3) is 6.08 Å². The molecule has 86 valence electrons. The summed E-state index contributed by atoms with van der Waals surface area (Å²) in [5.41, 5.74) is 2.62. The summed E-state index contributed by atoms with van der Waals surface area (Å²) in [4.78, 5) is 0. The lowest BCUT2D eigenvalue weighted by molar-refractivity contribution is 0.299. The molecule has 1 heteroatoms. The van der Waals surface area contributed by atoms with Gasteiger partial charge in [0.25, 0.3) is 0 Å². The van der Waals surface area contributed by atoms with Gasteiger partial charge in [0.05, 0.1) is 6.61 Å². The number of rotatable bonds is 5. The summed E-state index contributed by atoms with van der Waals surface area (Å²) >= 11 is 0. The smallest absolute Gasteiger partial charge is 0.126 e. The molecule has 16 heavy (non-hydrogen) atoms. The number of ether oxygens (including phenoxy) is 1. The number of benzene rings is 1. The number of hydrogen-bond donors (Lipinski definition) is 0. The lowest BCUT2D eigenvalue weighted by Crippen LogP contribution is -2.01. The second-order valence-corrected chi connectivity index (χ2v) is 4.44. The Hall–Kier alpha value is -1.24. The molecule has 1 aliphatic rings. The fraction of sp³-hybridized carbons (Fsp3) is 0.467. The lowest BCUT2D eigenvalue weighted by Gasteiger charge is -2.12. The number of allylic oxidation sites excluding steroid dienone is 1. The predicted octanol–water partition coefficient (Wildman–Crippen LogP) is 4.07. The van der Waals surface area contributed by atoms with E-state index in [9.17, 15) is 0 Å². The summed E-state index contributed by atoms with van der Waals surface area (Å²) in [7, 11) is 0. The molecular weight excluding hydrogens is 196 g/mol. The molecule has 0 radical (unpaired) electrons. The Bertz CT molecular complexity index is 375. The molecule has 0 unspecified atom stereocenters. The van der Waals surface area contributed by atoms with Crippen molar-refractivity contribution in [3.05, 3.63) is 35.4 Å². The van der Waals surface area contributed by atoms with Crippen molar-refractivity contribution in [2.75, 3.05) is 6.61 Å². The molecule has 1 saturated carbocycles. The monoisotopic (exact) mass is 216 g/mol. The Morgan fingerprint density at radius 1 is 1.38 bits per heavy atom. The van der Waals surface area contributed by atoms with Crippen LogP contribution in [0.2, 0.25) is 0 Å². The van der Waals surface area contributed by atoms with Crippen LogP contribution in [0.3, 0.4) is 0 Å². The van der Waals surface area contributed by atoms with E-state index in [0.717, 1.165) is 24.7 Å². The van der Waals surface area contributed by atoms with Gasteiger partial charge in [-0.15, -0.1) is 0 Å². The van der Waals surface area contributed by atoms with Gasteiger partial charge in [0.2, 0.25) is 0 Å². The zero-order chi connectivity index (χ0) is 11.4. The fourth-order valence-electron chi connectivity index (χ4n) is 1.87. The summed E-state index contributed by atoms with van der Waals surface area (Å²) in [5.74, 6) is 1.85. The molecule has 0 spiro atoms. The molecule has 0 N–H and O–H groups in total. The van der Waals surface area contributed by atoms with Gasteiger partial charge in [0.15, 0.2) is 0 Å². The third kappa shape index (κ3) is 2.66. The van der Waals surface area contributed by atoms with Crippen LogP contribution in [-0.4, -0.2) is 6.61 Å². The van der Waals surface area contributed by atoms with Crippen LogP contribution in [0.5, 0.6) is 5.75 Å². The van der Waals surface area contributed by atoms with Gasteiger partial charge in [-0.05, 0) is 43.7 Å². The molecule has 0 amide bonds. The van der Waals surface area contributed by atoms with Crippen molar-refractivity contribution in [3.63, 3.8) is 0 Å². The van der Waals surface area contributed by atoms with Gasteiger partial charge in [-0.3, -0.25) is 0 Å². The van der Waals surface area contributed by atoms with E-state index in [-0.39, 0.29) is 0 Å². The molecule has 1 aromatic carbocycles. The highest BCUT2D eigenvalue weighted by molar-refractivity contribution is 5.61. The number of aryl methyl sites for hydroxylation is 1. The van der Waals surface area contributed by atoms with Crippen LogP contribution in [0.1, 0.15) is 37.8 Å². The van der Waals surface area contributed by atoms with Crippen LogP contribution in [0.4, 0.5) is 0 Å². The highest BCUT2D eigenvalue weighted by Gasteiger charge is 2.22. The van der Waals surface area contributed by atoms with Gasteiger partial charge >= 0.3 is 0 Å². The average molecular weight is 216 g/mol. The van der Waals surface area contributed by atoms with Crippen molar-refractivity contribution in [3.8, 4) is 5.75 Å². The molecule has 0 aromatic heterocycles. The van der Waals surface area contributed by atoms with Crippen molar-refractivity contribution in [1.82, 2.24) is 0 Å². The van der Waals surface area contributed by atoms with Crippen molar-refractivity contribution in [2.24, 2.45) is 5.92 Å². The van der Waals surface area contributed by atoms with Crippen LogP contribution in [0, 0.1) is 5.92 Å². The fourth-order valence-corrected chi connectivity index (χ4v) is 1.87. The van der Waals surface area contributed by atoms with Crippen LogP contribution in [-0.2, 0) is 6.42 Å². The van der Waals surface area contributed by atoms with E-state index in [1.54, 1.807) is 0 Å². The van der Waals surface area contributed by atoms with E-state index in [1.807, 2.05) is 0 Å². The van der Waals surface area contributed by atoms with Crippen molar-refractivity contribution in [1.29, 1.82) is 0 Å². The van der Waals surface area contributed by atoms with Crippen molar-refractivity contribution in [2.45, 2.75) is 33.1 Å². The summed E-state index contributed by atoms with van der Waals surface area (Å²) in [6.07, 6.45) is 7.97. The Kier molecular flexibility index (Phi) is 3.66. The van der Waals surface area contributed by atoms with Gasteiger partial charge < -0.3 is 4.74 Å². The predicted molar refractivity (Wildman–Crippen MR) is 68.7 cm³/mol. The molecule has 2 rings (SSSR count). The van der Waals surface area contributed by atoms with Crippen LogP contribution >= 0.6 is 0 Å². The zero-order valence-electron chi connectivity index (χ0n) is 10.2. The quantitative estimate of drug-likeness (QED) is 0.721. The van der Waals surface area contributed by atoms with Crippen LogP contribution < -0.4 is 4.74 Å². The highest BCUT2D eigenvalue weighted by Crippen LogP contribution is 2.31. The van der Waals surface area contributed by atoms with E-state index in [2.05, 4.69) is 44.2 Å². The topological polar surface area (TPSA) is 9.23 Å². The Balaban J connectivity index is 2.19. The average Bonchev–Trinajstić information content (AvgIpc) is 3.12. The second-order valence-electron chi connectivity index (χ2n) is 4.44. The Morgan fingerprint density at radius 3 is 2.81 bits per heavy atom. The minimum Gasteiger partial charge on any atom is -0.493 e. The van der Waals surface area contributed by atoms with Crippen molar-refractivity contribution >= 4 is 6.08 Å². The number of hydrogen-bond acceptors (Lipinski definition) is 1. The minimum atomic E-state index is 0.809. The molecule has 0 saturated heterocycles. The van der Waals surface area contributed by atoms with E-state index in [0.29, 0.717) is 0 Å². The molecular formula is C15H20O. The lowest BCUT2D eigenvalue weighted by atomic mass is 10.0. The summed E-state index contributed by atoms with van der Waals surface area (Å²) in [6.45, 7) is 5.13. The van der Waals surface area contributed by atoms with Crippen molar-refractivity contribution < 1.29 is 4.74 Å². The molecule has 0 aliphatic heterocycles. The third-order valence-corrected chi connectivity index (χ3v) is 3.04. The largest absolute Gasteiger partial charge is 0.493 e. The van der Waals surface area contributed by atoms with E-state index in [4.69, 9.17) is 4.74 Å². The van der Waals surface area contributed by atoms with Gasteiger partial charge in [0, 0.05) is 5.56 Å². The van der Waals surface area contributed by atoms with Crippen LogP contribution in [0.15, 0.2) is 24.3 Å². The Morgan fingerprint density at radius 2 is 2.19 bits per heavy atom. The van der Waals surface area contributed by atoms with Gasteiger partial charge in [-0.2, -0.15) is 0 Å². The maximum atomic E-state index is 5.90. The summed E-state index contributed by atoms with van der Waals surface area (Å²) < 4.78 is 5.90. The van der Waals surface area contributed by atoms with E-state index < -0.39 is 0 Å². The molecule has 1 nitrogen and oxygen atoms in total. The molecule has 1 aromatic rings. The molecule has 0 bridgehead atoms. The van der Waals surface area contributed by atoms with Gasteiger partial charge in [-0.25, -0.2) is 0 Å². The zero-order valence-corrected chi connectivity index (χ0v) is 10.2. The normalized spacial score (nSPS) is 15.6. The first-order valence-corrected chi connectivity index (χ1v) is 6.22. The first-order valence-electron chi connectivity index (χ1n) is 6.22. The third-order valence-electron chi connectivity index (χ3n) is 3.04. The first-order chi connectivity index (χ1) is 7.85. The maximum absolute atomic E-state index is 5.90. The summed E-state index contributed by atoms with van der Waals surface area (Å²) in [6, 6.07) is 6.35. The molecule has 0 atom stereocenters.